The number of H-pyrrole nitrogens is 1. The number of nitrogens with two attached hydrogens (primary N) is 2. The van der Waals surface area contributed by atoms with Crippen LogP contribution in [0.1, 0.15) is 5.82 Å². The number of nitrogens with zero attached hydrogens (tertiary/aromatic N) is 1. The Morgan fingerprint density at radius 1 is 0.950 bits per heavy atom. The molecule has 1 heterocycles. The zero-order valence-corrected chi connectivity index (χ0v) is 10.8. The van der Waals surface area contributed by atoms with Gasteiger partial charge in [0.15, 0.2) is 0 Å². The normalized spacial score (nSPS) is 10.2. The molecule has 4 nitrogen and oxygen atoms in total. The van der Waals surface area contributed by atoms with Gasteiger partial charge in [0.2, 0.25) is 0 Å². The molecule has 0 unspecified atom stereocenters. The van der Waals surface area contributed by atoms with E-state index in [1.54, 1.807) is 6.07 Å². The number of aryl methyl sites for hydroxylation is 1. The Labute approximate surface area is 114 Å². The number of hydrogen-bond donors (Lipinski definition) is 3. The minimum absolute atomic E-state index is 0.235. The van der Waals surface area contributed by atoms with Gasteiger partial charge in [-0.15, -0.1) is 0 Å². The molecule has 3 rings (SSSR count). The lowest BCUT2D eigenvalue weighted by molar-refractivity contribution is 0.628. The summed E-state index contributed by atoms with van der Waals surface area (Å²) in [6.07, 6.45) is 0. The van der Waals surface area contributed by atoms with E-state index >= 15 is 0 Å². The first-order valence-electron chi connectivity index (χ1n) is 5.88. The Balaban J connectivity index is 0.000000151. The van der Waals surface area contributed by atoms with Crippen LogP contribution in [-0.2, 0) is 0 Å². The van der Waals surface area contributed by atoms with Gasteiger partial charge in [-0.1, -0.05) is 0 Å². The van der Waals surface area contributed by atoms with E-state index in [-0.39, 0.29) is 17.3 Å². The summed E-state index contributed by atoms with van der Waals surface area (Å²) in [6, 6.07) is 8.40. The number of imidazole rings is 1. The van der Waals surface area contributed by atoms with Crippen LogP contribution in [0.25, 0.3) is 11.0 Å². The molecule has 0 fully saturated rings. The first-order chi connectivity index (χ1) is 9.45. The molecule has 0 aliphatic heterocycles. The van der Waals surface area contributed by atoms with Crippen molar-refractivity contribution in [3.8, 4) is 0 Å². The number of benzene rings is 2. The number of nitrogen functional groups attached to an aromatic ring is 2. The average molecular weight is 276 g/mol. The molecule has 104 valence electrons. The number of nitrogens with one attached hydrogen (secondary N) is 1. The molecule has 0 saturated carbocycles. The number of hydrogen-bond acceptors (Lipinski definition) is 3. The molecule has 20 heavy (non-hydrogen) atoms. The van der Waals surface area contributed by atoms with Crippen LogP contribution in [0, 0.1) is 18.6 Å². The summed E-state index contributed by atoms with van der Waals surface area (Å²) < 4.78 is 24.8. The number of aromatic nitrogens is 2. The highest BCUT2D eigenvalue weighted by Crippen LogP contribution is 2.14. The highest BCUT2D eigenvalue weighted by Gasteiger charge is 1.98. The maximum Gasteiger partial charge on any atom is 0.125 e. The SMILES string of the molecule is Cc1nc2ccc(F)cc2[nH]1.Nc1ccc(F)cc1N. The van der Waals surface area contributed by atoms with Gasteiger partial charge in [-0.05, 0) is 43.3 Å². The zero-order valence-electron chi connectivity index (χ0n) is 10.8. The maximum atomic E-state index is 12.6. The van der Waals surface area contributed by atoms with Crippen LogP contribution in [-0.4, -0.2) is 9.97 Å². The van der Waals surface area contributed by atoms with Gasteiger partial charge < -0.3 is 16.5 Å². The highest BCUT2D eigenvalue weighted by molar-refractivity contribution is 5.74. The Kier molecular flexibility index (Phi) is 3.84. The fourth-order valence-corrected chi connectivity index (χ4v) is 1.66. The van der Waals surface area contributed by atoms with Gasteiger partial charge >= 0.3 is 0 Å². The second-order valence-corrected chi connectivity index (χ2v) is 4.26. The molecule has 2 aromatic carbocycles. The molecule has 0 atom stereocenters. The molecule has 0 bridgehead atoms. The van der Waals surface area contributed by atoms with Gasteiger partial charge in [0.1, 0.15) is 17.5 Å². The molecule has 3 aromatic rings. The Bertz CT molecular complexity index is 737. The molecular weight excluding hydrogens is 262 g/mol. The van der Waals surface area contributed by atoms with Gasteiger partial charge in [-0.25, -0.2) is 13.8 Å². The van der Waals surface area contributed by atoms with Crippen molar-refractivity contribution in [1.82, 2.24) is 9.97 Å². The van der Waals surface area contributed by atoms with Crippen LogP contribution in [0.3, 0.4) is 0 Å². The standard InChI is InChI=1S/C8H7FN2.C6H7FN2/c1-5-10-7-3-2-6(9)4-8(7)11-5;7-4-1-2-5(8)6(9)3-4/h2-4H,1H3,(H,10,11);1-3H,8-9H2. The number of anilines is 2. The summed E-state index contributed by atoms with van der Waals surface area (Å²) in [5, 5.41) is 0. The fraction of sp³-hybridized carbons (Fsp3) is 0.0714. The summed E-state index contributed by atoms with van der Waals surface area (Å²) >= 11 is 0. The van der Waals surface area contributed by atoms with Gasteiger partial charge in [-0.3, -0.25) is 0 Å². The number of halogens is 2. The van der Waals surface area contributed by atoms with E-state index in [0.29, 0.717) is 5.69 Å². The second kappa shape index (κ2) is 5.56. The van der Waals surface area contributed by atoms with Crippen molar-refractivity contribution in [2.24, 2.45) is 0 Å². The molecule has 1 aromatic heterocycles. The van der Waals surface area contributed by atoms with Crippen molar-refractivity contribution >= 4 is 22.4 Å². The quantitative estimate of drug-likeness (QED) is 0.552. The van der Waals surface area contributed by atoms with Gasteiger partial charge in [0.25, 0.3) is 0 Å². The first-order valence-corrected chi connectivity index (χ1v) is 5.88. The smallest absolute Gasteiger partial charge is 0.125 e. The molecule has 0 spiro atoms. The van der Waals surface area contributed by atoms with E-state index in [9.17, 15) is 8.78 Å². The highest BCUT2D eigenvalue weighted by atomic mass is 19.1. The zero-order chi connectivity index (χ0) is 14.7. The minimum Gasteiger partial charge on any atom is -0.397 e. The largest absolute Gasteiger partial charge is 0.397 e. The predicted octanol–water partition coefficient (Wildman–Crippen LogP) is 3.00. The predicted molar refractivity (Wildman–Crippen MR) is 76.0 cm³/mol. The third kappa shape index (κ3) is 3.23. The van der Waals surface area contributed by atoms with Crippen LogP contribution in [0.5, 0.6) is 0 Å². The lowest BCUT2D eigenvalue weighted by Crippen LogP contribution is -1.93. The summed E-state index contributed by atoms with van der Waals surface area (Å²) in [5.41, 5.74) is 12.8. The molecule has 0 aliphatic carbocycles. The Morgan fingerprint density at radius 2 is 1.60 bits per heavy atom. The molecule has 0 radical (unpaired) electrons. The van der Waals surface area contributed by atoms with Crippen molar-refractivity contribution in [2.45, 2.75) is 6.92 Å². The monoisotopic (exact) mass is 276 g/mol. The third-order valence-electron chi connectivity index (χ3n) is 2.61. The van der Waals surface area contributed by atoms with Crippen molar-refractivity contribution in [3.63, 3.8) is 0 Å². The summed E-state index contributed by atoms with van der Waals surface area (Å²) in [6.45, 7) is 1.85. The number of rotatable bonds is 0. The van der Waals surface area contributed by atoms with E-state index in [1.807, 2.05) is 6.92 Å². The van der Waals surface area contributed by atoms with E-state index in [0.717, 1.165) is 16.9 Å². The van der Waals surface area contributed by atoms with Gasteiger partial charge in [0.05, 0.1) is 22.4 Å². The van der Waals surface area contributed by atoms with Gasteiger partial charge in [0, 0.05) is 0 Å². The van der Waals surface area contributed by atoms with E-state index in [4.69, 9.17) is 11.5 Å². The van der Waals surface area contributed by atoms with Crippen LogP contribution < -0.4 is 11.5 Å². The lowest BCUT2D eigenvalue weighted by Gasteiger charge is -1.96. The van der Waals surface area contributed by atoms with Crippen molar-refractivity contribution in [3.05, 3.63) is 53.9 Å². The van der Waals surface area contributed by atoms with Gasteiger partial charge in [-0.2, -0.15) is 0 Å². The molecular formula is C14H14F2N4. The Morgan fingerprint density at radius 3 is 2.25 bits per heavy atom. The molecule has 6 heteroatoms. The maximum absolute atomic E-state index is 12.6. The summed E-state index contributed by atoms with van der Waals surface area (Å²) in [7, 11) is 0. The minimum atomic E-state index is -0.360. The van der Waals surface area contributed by atoms with E-state index < -0.39 is 0 Å². The van der Waals surface area contributed by atoms with Crippen LogP contribution in [0.4, 0.5) is 20.2 Å². The average Bonchev–Trinajstić information content (AvgIpc) is 2.74. The van der Waals surface area contributed by atoms with Crippen molar-refractivity contribution in [2.75, 3.05) is 11.5 Å². The van der Waals surface area contributed by atoms with Crippen LogP contribution >= 0.6 is 0 Å². The summed E-state index contributed by atoms with van der Waals surface area (Å²) in [5.74, 6) is 0.216. The first kappa shape index (κ1) is 13.8. The second-order valence-electron chi connectivity index (χ2n) is 4.26. The lowest BCUT2D eigenvalue weighted by atomic mass is 10.3. The molecule has 5 N–H and O–H groups in total. The van der Waals surface area contributed by atoms with Crippen LogP contribution in [0.2, 0.25) is 0 Å². The van der Waals surface area contributed by atoms with E-state index in [1.165, 1.54) is 30.3 Å². The summed E-state index contributed by atoms with van der Waals surface area (Å²) in [4.78, 5) is 7.08. The fourth-order valence-electron chi connectivity index (χ4n) is 1.66. The number of fused-ring (bicyclic) bond motifs is 1. The van der Waals surface area contributed by atoms with E-state index in [2.05, 4.69) is 9.97 Å². The van der Waals surface area contributed by atoms with Crippen molar-refractivity contribution in [1.29, 1.82) is 0 Å². The molecule has 0 aliphatic rings. The van der Waals surface area contributed by atoms with Crippen molar-refractivity contribution < 1.29 is 8.78 Å². The molecule has 0 amide bonds. The molecule has 0 saturated heterocycles. The number of aromatic amines is 1. The third-order valence-corrected chi connectivity index (χ3v) is 2.61. The Hall–Kier alpha value is -2.63. The van der Waals surface area contributed by atoms with Crippen LogP contribution in [0.15, 0.2) is 36.4 Å². The topological polar surface area (TPSA) is 80.7 Å².